The van der Waals surface area contributed by atoms with Gasteiger partial charge in [0.1, 0.15) is 5.75 Å². The Balaban J connectivity index is 1.66. The predicted molar refractivity (Wildman–Crippen MR) is 119 cm³/mol. The number of methoxy groups -OCH3 is 3. The monoisotopic (exact) mass is 451 g/mol. The lowest BCUT2D eigenvalue weighted by atomic mass is 9.83. The van der Waals surface area contributed by atoms with Crippen LogP contribution in [0.15, 0.2) is 66.0 Å². The third-order valence-corrected chi connectivity index (χ3v) is 5.62. The van der Waals surface area contributed by atoms with Crippen LogP contribution in [0.1, 0.15) is 17.0 Å². The van der Waals surface area contributed by atoms with Gasteiger partial charge < -0.3 is 28.6 Å². The molecule has 0 N–H and O–H groups in total. The summed E-state index contributed by atoms with van der Waals surface area (Å²) in [5, 5.41) is 0. The van der Waals surface area contributed by atoms with Crippen LogP contribution in [0.3, 0.4) is 0 Å². The van der Waals surface area contributed by atoms with Crippen molar-refractivity contribution in [2.24, 2.45) is 0 Å². The van der Waals surface area contributed by atoms with Gasteiger partial charge in [-0.2, -0.15) is 0 Å². The fraction of sp³-hybridized carbons (Fsp3) is 0.280. The van der Waals surface area contributed by atoms with Gasteiger partial charge in [-0.15, -0.1) is 0 Å². The maximum absolute atomic E-state index is 12.8. The van der Waals surface area contributed by atoms with Crippen molar-refractivity contribution in [1.82, 2.24) is 4.90 Å². The number of esters is 2. The van der Waals surface area contributed by atoms with Gasteiger partial charge >= 0.3 is 11.9 Å². The second kappa shape index (κ2) is 9.68. The van der Waals surface area contributed by atoms with Gasteiger partial charge in [-0.1, -0.05) is 18.2 Å². The first-order valence-corrected chi connectivity index (χ1v) is 10.4. The van der Waals surface area contributed by atoms with E-state index >= 15 is 0 Å². The molecule has 2 aliphatic heterocycles. The normalized spacial score (nSPS) is 14.9. The Bertz CT molecular complexity index is 1070. The van der Waals surface area contributed by atoms with Crippen LogP contribution in [0.25, 0.3) is 0 Å². The SMILES string of the molecule is COC(=O)C1=CN(CCc2ccc(OC)cc2)C=C(C(=O)OC)C1c1ccc2c(c1)OCO2. The molecule has 0 aromatic heterocycles. The van der Waals surface area contributed by atoms with E-state index in [1.165, 1.54) is 14.2 Å². The Morgan fingerprint density at radius 3 is 2.15 bits per heavy atom. The molecule has 8 nitrogen and oxygen atoms in total. The highest BCUT2D eigenvalue weighted by molar-refractivity contribution is 5.98. The Labute approximate surface area is 191 Å². The molecule has 4 rings (SSSR count). The zero-order chi connectivity index (χ0) is 23.4. The minimum Gasteiger partial charge on any atom is -0.497 e. The first-order chi connectivity index (χ1) is 16.0. The van der Waals surface area contributed by atoms with E-state index in [-0.39, 0.29) is 6.79 Å². The Kier molecular flexibility index (Phi) is 6.53. The maximum Gasteiger partial charge on any atom is 0.336 e. The molecule has 0 amide bonds. The van der Waals surface area contributed by atoms with Crippen molar-refractivity contribution in [2.45, 2.75) is 12.3 Å². The number of nitrogens with zero attached hydrogens (tertiary/aromatic N) is 1. The Morgan fingerprint density at radius 2 is 1.55 bits per heavy atom. The van der Waals surface area contributed by atoms with Gasteiger partial charge in [0.25, 0.3) is 0 Å². The summed E-state index contributed by atoms with van der Waals surface area (Å²) in [6, 6.07) is 13.1. The number of carbonyl (C=O) groups is 2. The minimum absolute atomic E-state index is 0.127. The van der Waals surface area contributed by atoms with E-state index < -0.39 is 17.9 Å². The van der Waals surface area contributed by atoms with E-state index in [9.17, 15) is 9.59 Å². The summed E-state index contributed by atoms with van der Waals surface area (Å²) in [7, 11) is 4.26. The number of rotatable bonds is 7. The molecular formula is C25H25NO7. The third-order valence-electron chi connectivity index (χ3n) is 5.62. The van der Waals surface area contributed by atoms with E-state index in [0.29, 0.717) is 41.2 Å². The molecule has 0 atom stereocenters. The van der Waals surface area contributed by atoms with E-state index in [1.54, 1.807) is 37.7 Å². The minimum atomic E-state index is -0.670. The van der Waals surface area contributed by atoms with Crippen LogP contribution in [0.2, 0.25) is 0 Å². The molecule has 2 heterocycles. The zero-order valence-corrected chi connectivity index (χ0v) is 18.7. The largest absolute Gasteiger partial charge is 0.497 e. The summed E-state index contributed by atoms with van der Waals surface area (Å²) >= 11 is 0. The van der Waals surface area contributed by atoms with Crippen LogP contribution >= 0.6 is 0 Å². The average molecular weight is 451 g/mol. The van der Waals surface area contributed by atoms with Gasteiger partial charge in [0.2, 0.25) is 6.79 Å². The second-order valence-corrected chi connectivity index (χ2v) is 7.53. The molecule has 2 aromatic carbocycles. The lowest BCUT2D eigenvalue weighted by molar-refractivity contribution is -0.137. The van der Waals surface area contributed by atoms with Gasteiger partial charge in [-0.3, -0.25) is 0 Å². The fourth-order valence-electron chi connectivity index (χ4n) is 3.92. The Hall–Kier alpha value is -3.94. The summed E-state index contributed by atoms with van der Waals surface area (Å²) < 4.78 is 26.2. The van der Waals surface area contributed by atoms with Crippen LogP contribution in [0.4, 0.5) is 0 Å². The number of fused-ring (bicyclic) bond motifs is 1. The third kappa shape index (κ3) is 4.64. The van der Waals surface area contributed by atoms with Crippen molar-refractivity contribution in [3.8, 4) is 17.2 Å². The molecule has 0 bridgehead atoms. The van der Waals surface area contributed by atoms with Crippen LogP contribution in [-0.4, -0.2) is 51.5 Å². The molecule has 0 radical (unpaired) electrons. The highest BCUT2D eigenvalue weighted by Crippen LogP contribution is 2.41. The molecule has 33 heavy (non-hydrogen) atoms. The number of carbonyl (C=O) groups excluding carboxylic acids is 2. The van der Waals surface area contributed by atoms with Crippen LogP contribution < -0.4 is 14.2 Å². The highest BCUT2D eigenvalue weighted by Gasteiger charge is 2.36. The number of hydrogen-bond acceptors (Lipinski definition) is 8. The predicted octanol–water partition coefficient (Wildman–Crippen LogP) is 3.18. The van der Waals surface area contributed by atoms with Crippen LogP contribution in [0.5, 0.6) is 17.2 Å². The molecule has 0 fully saturated rings. The average Bonchev–Trinajstić information content (AvgIpc) is 3.34. The highest BCUT2D eigenvalue weighted by atomic mass is 16.7. The fourth-order valence-corrected chi connectivity index (χ4v) is 3.92. The van der Waals surface area contributed by atoms with Gasteiger partial charge in [-0.05, 0) is 41.8 Å². The standard InChI is InChI=1S/C25H25NO7/c1-29-18-7-4-16(5-8-18)10-11-26-13-19(24(27)30-2)23(20(14-26)25(28)31-3)17-6-9-21-22(12-17)33-15-32-21/h4-9,12-14,23H,10-11,15H2,1-3H3. The van der Waals surface area contributed by atoms with Crippen molar-refractivity contribution in [1.29, 1.82) is 0 Å². The summed E-state index contributed by atoms with van der Waals surface area (Å²) in [6.45, 7) is 0.670. The molecular weight excluding hydrogens is 426 g/mol. The van der Waals surface area contributed by atoms with Crippen molar-refractivity contribution in [3.05, 3.63) is 77.1 Å². The summed E-state index contributed by atoms with van der Waals surface area (Å²) in [5.41, 5.74) is 2.44. The molecule has 2 aromatic rings. The van der Waals surface area contributed by atoms with Crippen LogP contribution in [0, 0.1) is 0 Å². The summed E-state index contributed by atoms with van der Waals surface area (Å²) in [6.07, 6.45) is 4.13. The molecule has 0 saturated heterocycles. The maximum atomic E-state index is 12.8. The molecule has 0 unspecified atom stereocenters. The van der Waals surface area contributed by atoms with E-state index in [0.717, 1.165) is 11.3 Å². The van der Waals surface area contributed by atoms with Crippen molar-refractivity contribution >= 4 is 11.9 Å². The van der Waals surface area contributed by atoms with Gasteiger partial charge in [-0.25, -0.2) is 9.59 Å². The van der Waals surface area contributed by atoms with Crippen molar-refractivity contribution in [3.63, 3.8) is 0 Å². The molecule has 0 spiro atoms. The lowest BCUT2D eigenvalue weighted by Gasteiger charge is -2.30. The van der Waals surface area contributed by atoms with E-state index in [1.807, 2.05) is 29.2 Å². The van der Waals surface area contributed by atoms with Gasteiger partial charge in [0.15, 0.2) is 11.5 Å². The number of hydrogen-bond donors (Lipinski definition) is 0. The zero-order valence-electron chi connectivity index (χ0n) is 18.7. The second-order valence-electron chi connectivity index (χ2n) is 7.53. The molecule has 8 heteroatoms. The summed E-state index contributed by atoms with van der Waals surface area (Å²) in [5.74, 6) is 0.231. The molecule has 0 saturated carbocycles. The van der Waals surface area contributed by atoms with E-state index in [2.05, 4.69) is 0 Å². The Morgan fingerprint density at radius 1 is 0.909 bits per heavy atom. The first-order valence-electron chi connectivity index (χ1n) is 10.4. The smallest absolute Gasteiger partial charge is 0.336 e. The lowest BCUT2D eigenvalue weighted by Crippen LogP contribution is -2.29. The topological polar surface area (TPSA) is 83.5 Å². The molecule has 0 aliphatic carbocycles. The number of ether oxygens (including phenoxy) is 5. The van der Waals surface area contributed by atoms with Crippen LogP contribution in [-0.2, 0) is 25.5 Å². The first kappa shape index (κ1) is 22.3. The molecule has 2 aliphatic rings. The van der Waals surface area contributed by atoms with Crippen molar-refractivity contribution < 1.29 is 33.3 Å². The molecule has 172 valence electrons. The van der Waals surface area contributed by atoms with Gasteiger partial charge in [0.05, 0.1) is 38.4 Å². The van der Waals surface area contributed by atoms with E-state index in [4.69, 9.17) is 23.7 Å². The van der Waals surface area contributed by atoms with Crippen molar-refractivity contribution in [2.75, 3.05) is 34.7 Å². The summed E-state index contributed by atoms with van der Waals surface area (Å²) in [4.78, 5) is 27.3. The quantitative estimate of drug-likeness (QED) is 0.594. The van der Waals surface area contributed by atoms with Gasteiger partial charge in [0, 0.05) is 18.9 Å². The number of benzene rings is 2.